The molecule has 1 aliphatic heterocycles. The van der Waals surface area contributed by atoms with E-state index in [4.69, 9.17) is 5.73 Å². The number of nitrogens with zero attached hydrogens (tertiary/aromatic N) is 2. The third-order valence-electron chi connectivity index (χ3n) is 2.68. The van der Waals surface area contributed by atoms with Crippen molar-refractivity contribution in [2.24, 2.45) is 11.7 Å². The molecule has 0 unspecified atom stereocenters. The van der Waals surface area contributed by atoms with E-state index in [2.05, 4.69) is 9.88 Å². The van der Waals surface area contributed by atoms with E-state index in [0.717, 1.165) is 19.5 Å². The van der Waals surface area contributed by atoms with Crippen LogP contribution in [0.15, 0.2) is 18.3 Å². The first-order valence-electron chi connectivity index (χ1n) is 4.90. The Hall–Kier alpha value is -1.29. The van der Waals surface area contributed by atoms with Crippen LogP contribution in [0.4, 0.5) is 5.82 Å². The highest BCUT2D eigenvalue weighted by molar-refractivity contribution is 5.51. The van der Waals surface area contributed by atoms with Gasteiger partial charge in [0.05, 0.1) is 0 Å². The van der Waals surface area contributed by atoms with Crippen LogP contribution in [-0.2, 0) is 0 Å². The smallest absolute Gasteiger partial charge is 0.171 e. The minimum absolute atomic E-state index is 0.255. The molecule has 0 saturated carbocycles. The van der Waals surface area contributed by atoms with Crippen molar-refractivity contribution in [2.45, 2.75) is 6.42 Å². The highest BCUT2D eigenvalue weighted by Crippen LogP contribution is 2.28. The summed E-state index contributed by atoms with van der Waals surface area (Å²) in [6.45, 7) is 2.55. The summed E-state index contributed by atoms with van der Waals surface area (Å²) in [5, 5.41) is 9.59. The lowest BCUT2D eigenvalue weighted by atomic mass is 10.1. The van der Waals surface area contributed by atoms with Crippen molar-refractivity contribution in [3.63, 3.8) is 0 Å². The lowest BCUT2D eigenvalue weighted by molar-refractivity contribution is 0.472. The number of aromatic nitrogens is 1. The van der Waals surface area contributed by atoms with Crippen LogP contribution in [-0.4, -0.2) is 29.7 Å². The Labute approximate surface area is 83.4 Å². The number of hydrogen-bond donors (Lipinski definition) is 2. The molecule has 4 nitrogen and oxygen atoms in total. The van der Waals surface area contributed by atoms with Crippen LogP contribution in [0.1, 0.15) is 6.42 Å². The Morgan fingerprint density at radius 3 is 3.14 bits per heavy atom. The molecule has 1 saturated heterocycles. The zero-order chi connectivity index (χ0) is 9.97. The fraction of sp³-hybridized carbons (Fsp3) is 0.500. The fourth-order valence-electron chi connectivity index (χ4n) is 1.85. The van der Waals surface area contributed by atoms with E-state index in [1.165, 1.54) is 0 Å². The minimum atomic E-state index is 0.255. The highest BCUT2D eigenvalue weighted by Gasteiger charge is 2.23. The average Bonchev–Trinajstić information content (AvgIpc) is 2.67. The summed E-state index contributed by atoms with van der Waals surface area (Å²) in [6, 6.07) is 3.40. The zero-order valence-electron chi connectivity index (χ0n) is 8.06. The number of aromatic hydroxyl groups is 1. The summed E-state index contributed by atoms with van der Waals surface area (Å²) >= 11 is 0. The summed E-state index contributed by atoms with van der Waals surface area (Å²) in [6.07, 6.45) is 2.79. The second kappa shape index (κ2) is 3.84. The molecule has 1 aliphatic rings. The summed E-state index contributed by atoms with van der Waals surface area (Å²) in [5.74, 6) is 1.48. The van der Waals surface area contributed by atoms with Crippen LogP contribution >= 0.6 is 0 Å². The van der Waals surface area contributed by atoms with Gasteiger partial charge in [-0.25, -0.2) is 4.98 Å². The first-order chi connectivity index (χ1) is 6.81. The largest absolute Gasteiger partial charge is 0.504 e. The molecule has 1 aromatic rings. The molecule has 1 atom stereocenters. The molecule has 0 amide bonds. The molecule has 0 aliphatic carbocycles. The predicted octanol–water partition coefficient (Wildman–Crippen LogP) is 0.572. The zero-order valence-corrected chi connectivity index (χ0v) is 8.06. The van der Waals surface area contributed by atoms with Gasteiger partial charge in [-0.1, -0.05) is 0 Å². The van der Waals surface area contributed by atoms with Crippen molar-refractivity contribution < 1.29 is 5.11 Å². The molecule has 1 aromatic heterocycles. The van der Waals surface area contributed by atoms with Gasteiger partial charge >= 0.3 is 0 Å². The van der Waals surface area contributed by atoms with Gasteiger partial charge in [-0.2, -0.15) is 0 Å². The SMILES string of the molecule is NC[C@H]1CCN(c2ncccc2O)C1. The van der Waals surface area contributed by atoms with E-state index in [1.54, 1.807) is 18.3 Å². The highest BCUT2D eigenvalue weighted by atomic mass is 16.3. The molecule has 1 fully saturated rings. The molecule has 2 rings (SSSR count). The first-order valence-corrected chi connectivity index (χ1v) is 4.90. The van der Waals surface area contributed by atoms with Crippen LogP contribution in [0, 0.1) is 5.92 Å². The Kier molecular flexibility index (Phi) is 2.54. The van der Waals surface area contributed by atoms with Crippen molar-refractivity contribution in [3.05, 3.63) is 18.3 Å². The molecule has 0 bridgehead atoms. The molecule has 2 heterocycles. The van der Waals surface area contributed by atoms with E-state index < -0.39 is 0 Å². The maximum atomic E-state index is 9.59. The fourth-order valence-corrected chi connectivity index (χ4v) is 1.85. The van der Waals surface area contributed by atoms with Gasteiger partial charge in [0.15, 0.2) is 11.6 Å². The van der Waals surface area contributed by atoms with Gasteiger partial charge in [-0.3, -0.25) is 0 Å². The molecular weight excluding hydrogens is 178 g/mol. The monoisotopic (exact) mass is 193 g/mol. The van der Waals surface area contributed by atoms with Crippen LogP contribution < -0.4 is 10.6 Å². The van der Waals surface area contributed by atoms with Crippen LogP contribution in [0.3, 0.4) is 0 Å². The molecule has 4 heteroatoms. The summed E-state index contributed by atoms with van der Waals surface area (Å²) < 4.78 is 0. The third kappa shape index (κ3) is 1.65. The van der Waals surface area contributed by atoms with Crippen molar-refractivity contribution in [1.82, 2.24) is 4.98 Å². The topological polar surface area (TPSA) is 62.4 Å². The van der Waals surface area contributed by atoms with E-state index in [0.29, 0.717) is 18.3 Å². The normalized spacial score (nSPS) is 21.5. The third-order valence-corrected chi connectivity index (χ3v) is 2.68. The summed E-state index contributed by atoms with van der Waals surface area (Å²) in [4.78, 5) is 6.25. The van der Waals surface area contributed by atoms with Crippen molar-refractivity contribution in [2.75, 3.05) is 24.5 Å². The van der Waals surface area contributed by atoms with E-state index in [-0.39, 0.29) is 5.75 Å². The van der Waals surface area contributed by atoms with Crippen LogP contribution in [0.5, 0.6) is 5.75 Å². The average molecular weight is 193 g/mol. The number of nitrogens with two attached hydrogens (primary N) is 1. The molecule has 3 N–H and O–H groups in total. The molecule has 14 heavy (non-hydrogen) atoms. The van der Waals surface area contributed by atoms with Crippen molar-refractivity contribution in [1.29, 1.82) is 0 Å². The molecule has 0 spiro atoms. The molecule has 0 aromatic carbocycles. The predicted molar refractivity (Wildman–Crippen MR) is 55.3 cm³/mol. The number of rotatable bonds is 2. The van der Waals surface area contributed by atoms with E-state index >= 15 is 0 Å². The van der Waals surface area contributed by atoms with Crippen LogP contribution in [0.25, 0.3) is 0 Å². The number of pyridine rings is 1. The van der Waals surface area contributed by atoms with Gasteiger partial charge < -0.3 is 15.7 Å². The quantitative estimate of drug-likeness (QED) is 0.721. The van der Waals surface area contributed by atoms with Crippen molar-refractivity contribution >= 4 is 5.82 Å². The lowest BCUT2D eigenvalue weighted by Crippen LogP contribution is -2.23. The number of anilines is 1. The maximum Gasteiger partial charge on any atom is 0.171 e. The molecule has 76 valence electrons. The summed E-state index contributed by atoms with van der Waals surface area (Å²) in [5.41, 5.74) is 5.60. The maximum absolute atomic E-state index is 9.59. The Morgan fingerprint density at radius 2 is 2.50 bits per heavy atom. The van der Waals surface area contributed by atoms with Gasteiger partial charge in [0.25, 0.3) is 0 Å². The van der Waals surface area contributed by atoms with Crippen molar-refractivity contribution in [3.8, 4) is 5.75 Å². The van der Waals surface area contributed by atoms with Gasteiger partial charge in [-0.15, -0.1) is 0 Å². The van der Waals surface area contributed by atoms with Gasteiger partial charge in [0.1, 0.15) is 0 Å². The second-order valence-corrected chi connectivity index (χ2v) is 3.68. The van der Waals surface area contributed by atoms with Gasteiger partial charge in [-0.05, 0) is 31.0 Å². The summed E-state index contributed by atoms with van der Waals surface area (Å²) in [7, 11) is 0. The Bertz CT molecular complexity index is 316. The van der Waals surface area contributed by atoms with Gasteiger partial charge in [0, 0.05) is 19.3 Å². The molecular formula is C10H15N3O. The Morgan fingerprint density at radius 1 is 1.64 bits per heavy atom. The Balaban J connectivity index is 2.13. The minimum Gasteiger partial charge on any atom is -0.504 e. The second-order valence-electron chi connectivity index (χ2n) is 3.68. The van der Waals surface area contributed by atoms with Gasteiger partial charge in [0.2, 0.25) is 0 Å². The number of hydrogen-bond acceptors (Lipinski definition) is 4. The van der Waals surface area contributed by atoms with E-state index in [1.807, 2.05) is 0 Å². The van der Waals surface area contributed by atoms with Crippen LogP contribution in [0.2, 0.25) is 0 Å². The molecule has 0 radical (unpaired) electrons. The lowest BCUT2D eigenvalue weighted by Gasteiger charge is -2.17. The first kappa shape index (κ1) is 9.27. The van der Waals surface area contributed by atoms with E-state index in [9.17, 15) is 5.11 Å². The standard InChI is InChI=1S/C10H15N3O/c11-6-8-3-5-13(7-8)10-9(14)2-1-4-12-10/h1-2,4,8,14H,3,5-7,11H2/t8-/m1/s1.